The van der Waals surface area contributed by atoms with Gasteiger partial charge in [-0.3, -0.25) is 0 Å². The first-order chi connectivity index (χ1) is 15.6. The van der Waals surface area contributed by atoms with Crippen LogP contribution in [0.1, 0.15) is 44.9 Å². The first kappa shape index (κ1) is 19.4. The van der Waals surface area contributed by atoms with Crippen molar-refractivity contribution >= 4 is 22.4 Å². The molecule has 4 atom stereocenters. The molecular formula is C27H31NO4. The third-order valence-electron chi connectivity index (χ3n) is 9.79. The number of nitrogens with zero attached hydrogens (tertiary/aromatic N) is 1. The molecule has 0 aromatic heterocycles. The number of esters is 1. The van der Waals surface area contributed by atoms with Gasteiger partial charge in [0.05, 0.1) is 13.1 Å². The first-order valence-electron chi connectivity index (χ1n) is 12.5. The van der Waals surface area contributed by atoms with Gasteiger partial charge in [-0.2, -0.15) is 0 Å². The Morgan fingerprint density at radius 2 is 1.66 bits per heavy atom. The van der Waals surface area contributed by atoms with Gasteiger partial charge in [0.1, 0.15) is 17.5 Å². The van der Waals surface area contributed by atoms with E-state index in [2.05, 4.69) is 0 Å². The summed E-state index contributed by atoms with van der Waals surface area (Å²) in [7, 11) is 0. The van der Waals surface area contributed by atoms with Crippen molar-refractivity contribution in [1.29, 1.82) is 0 Å². The molecule has 0 amide bonds. The average molecular weight is 434 g/mol. The highest BCUT2D eigenvalue weighted by atomic mass is 16.6. The Kier molecular flexibility index (Phi) is 4.06. The fraction of sp³-hybridized carbons (Fsp3) is 0.593. The van der Waals surface area contributed by atoms with Gasteiger partial charge in [0.2, 0.25) is 0 Å². The van der Waals surface area contributed by atoms with Gasteiger partial charge in [-0.05, 0) is 73.3 Å². The van der Waals surface area contributed by atoms with Gasteiger partial charge in [0.15, 0.2) is 6.61 Å². The normalized spacial score (nSPS) is 38.0. The van der Waals surface area contributed by atoms with Crippen molar-refractivity contribution in [2.75, 3.05) is 19.7 Å². The Morgan fingerprint density at radius 3 is 2.38 bits per heavy atom. The van der Waals surface area contributed by atoms with E-state index in [9.17, 15) is 10.0 Å². The molecule has 5 fully saturated rings. The molecule has 5 heteroatoms. The van der Waals surface area contributed by atoms with Crippen LogP contribution in [0.2, 0.25) is 0 Å². The van der Waals surface area contributed by atoms with Crippen molar-refractivity contribution in [3.63, 3.8) is 0 Å². The maximum atomic E-state index is 13.3. The minimum atomic E-state index is -0.267. The lowest BCUT2D eigenvalue weighted by molar-refractivity contribution is -0.159. The number of hydrogen-bond acceptors (Lipinski definition) is 4. The monoisotopic (exact) mass is 433 g/mol. The fourth-order valence-corrected chi connectivity index (χ4v) is 8.50. The van der Waals surface area contributed by atoms with Crippen LogP contribution in [0.15, 0.2) is 36.4 Å². The van der Waals surface area contributed by atoms with Crippen LogP contribution in [0.4, 0.5) is 5.69 Å². The Morgan fingerprint density at radius 1 is 0.969 bits per heavy atom. The molecular weight excluding hydrogens is 402 g/mol. The Bertz CT molecular complexity index is 1070. The van der Waals surface area contributed by atoms with E-state index in [-0.39, 0.29) is 23.3 Å². The van der Waals surface area contributed by atoms with Crippen molar-refractivity contribution < 1.29 is 14.3 Å². The zero-order valence-electron chi connectivity index (χ0n) is 18.5. The molecule has 2 aromatic rings. The van der Waals surface area contributed by atoms with Gasteiger partial charge in [0, 0.05) is 29.7 Å². The summed E-state index contributed by atoms with van der Waals surface area (Å²) in [6.07, 6.45) is 8.51. The van der Waals surface area contributed by atoms with E-state index >= 15 is 0 Å². The van der Waals surface area contributed by atoms with E-state index in [1.54, 1.807) is 0 Å². The second kappa shape index (κ2) is 6.71. The minimum Gasteiger partial charge on any atom is -0.627 e. The number of rotatable bonds is 5. The van der Waals surface area contributed by atoms with E-state index in [1.807, 2.05) is 36.4 Å². The van der Waals surface area contributed by atoms with E-state index in [0.29, 0.717) is 36.1 Å². The summed E-state index contributed by atoms with van der Waals surface area (Å²) in [4.78, 5) is 12.8. The summed E-state index contributed by atoms with van der Waals surface area (Å²) >= 11 is 0. The summed E-state index contributed by atoms with van der Waals surface area (Å²) in [5.74, 6) is 3.32. The van der Waals surface area contributed by atoms with E-state index in [0.717, 1.165) is 41.1 Å². The predicted octanol–water partition coefficient (Wildman–Crippen LogP) is 5.19. The highest BCUT2D eigenvalue weighted by molar-refractivity contribution is 5.97. The molecule has 3 bridgehead atoms. The van der Waals surface area contributed by atoms with Gasteiger partial charge in [0.25, 0.3) is 0 Å². The smallest absolute Gasteiger partial charge is 0.344 e. The van der Waals surface area contributed by atoms with Crippen molar-refractivity contribution in [2.45, 2.75) is 51.0 Å². The van der Waals surface area contributed by atoms with Crippen LogP contribution in [0.25, 0.3) is 10.8 Å². The number of fused-ring (bicyclic) bond motifs is 3. The Balaban J connectivity index is 1.07. The van der Waals surface area contributed by atoms with Crippen molar-refractivity contribution in [3.8, 4) is 5.75 Å². The molecule has 168 valence electrons. The number of benzene rings is 2. The van der Waals surface area contributed by atoms with Crippen LogP contribution >= 0.6 is 0 Å². The Labute approximate surface area is 188 Å². The van der Waals surface area contributed by atoms with Gasteiger partial charge >= 0.3 is 5.97 Å². The van der Waals surface area contributed by atoms with Crippen molar-refractivity contribution in [2.24, 2.45) is 29.1 Å². The molecule has 1 spiro atoms. The number of carbonyl (C=O) groups is 1. The lowest BCUT2D eigenvalue weighted by atomic mass is 9.56. The Hall–Kier alpha value is -2.11. The zero-order chi connectivity index (χ0) is 21.5. The molecule has 1 saturated heterocycles. The third-order valence-corrected chi connectivity index (χ3v) is 9.79. The summed E-state index contributed by atoms with van der Waals surface area (Å²) in [5, 5.41) is 15.1. The molecule has 1 heterocycles. The lowest BCUT2D eigenvalue weighted by Crippen LogP contribution is -2.42. The predicted molar refractivity (Wildman–Crippen MR) is 123 cm³/mol. The molecule has 0 N–H and O–H groups in total. The van der Waals surface area contributed by atoms with E-state index in [1.165, 1.54) is 32.1 Å². The maximum Gasteiger partial charge on any atom is 0.344 e. The lowest BCUT2D eigenvalue weighted by Gasteiger charge is -2.49. The molecule has 5 nitrogen and oxygen atoms in total. The topological polar surface area (TPSA) is 58.6 Å². The molecule has 4 unspecified atom stereocenters. The number of hydroxylamine groups is 2. The second-order valence-corrected chi connectivity index (χ2v) is 11.2. The molecule has 2 aromatic carbocycles. The standard InChI is InChI=1S/C27H31NO4/c29-25(32-26-17-11-19-13-20-12-18(26)15-27(19,20)14-17)16-31-24-8-7-23(28(30)9-3-4-10-28)21-5-1-2-6-22(21)24/h1-2,5-8,17-20,26H,3-4,9-16H2. The van der Waals surface area contributed by atoms with Crippen molar-refractivity contribution in [3.05, 3.63) is 41.6 Å². The van der Waals surface area contributed by atoms with E-state index < -0.39 is 0 Å². The van der Waals surface area contributed by atoms with Gasteiger partial charge in [-0.15, -0.1) is 0 Å². The van der Waals surface area contributed by atoms with Crippen LogP contribution < -0.4 is 9.38 Å². The van der Waals surface area contributed by atoms with Gasteiger partial charge < -0.3 is 19.3 Å². The molecule has 1 aliphatic heterocycles. The summed E-state index contributed by atoms with van der Waals surface area (Å²) in [5.41, 5.74) is 1.44. The molecule has 7 rings (SSSR count). The summed E-state index contributed by atoms with van der Waals surface area (Å²) < 4.78 is 11.8. The quantitative estimate of drug-likeness (QED) is 0.370. The van der Waals surface area contributed by atoms with Crippen LogP contribution in [0, 0.1) is 34.3 Å². The van der Waals surface area contributed by atoms with E-state index in [4.69, 9.17) is 9.47 Å². The first-order valence-corrected chi connectivity index (χ1v) is 12.5. The third kappa shape index (κ3) is 2.61. The van der Waals surface area contributed by atoms with Gasteiger partial charge in [-0.25, -0.2) is 4.79 Å². The fourth-order valence-electron chi connectivity index (χ4n) is 8.50. The maximum absolute atomic E-state index is 13.3. The highest BCUT2D eigenvalue weighted by Gasteiger charge is 2.69. The largest absolute Gasteiger partial charge is 0.627 e. The molecule has 5 aliphatic rings. The van der Waals surface area contributed by atoms with Gasteiger partial charge in [-0.1, -0.05) is 18.2 Å². The zero-order valence-corrected chi connectivity index (χ0v) is 18.5. The van der Waals surface area contributed by atoms with Crippen LogP contribution in [-0.4, -0.2) is 31.8 Å². The minimum absolute atomic E-state index is 0.0747. The van der Waals surface area contributed by atoms with Crippen molar-refractivity contribution in [1.82, 2.24) is 4.65 Å². The SMILES string of the molecule is O=C(COc1ccc([N+]2([O-])CCCC2)c2ccccc12)OC1C2CC3CC4CC1CC34C2. The number of ether oxygens (including phenoxy) is 2. The number of quaternary nitrogens is 1. The highest BCUT2D eigenvalue weighted by Crippen LogP contribution is 2.75. The average Bonchev–Trinajstić information content (AvgIpc) is 3.41. The number of hydrogen-bond donors (Lipinski definition) is 0. The number of carbonyl (C=O) groups excluding carboxylic acids is 1. The molecule has 0 radical (unpaired) electrons. The molecule has 4 aliphatic carbocycles. The summed E-state index contributed by atoms with van der Waals surface area (Å²) in [6, 6.07) is 11.6. The molecule has 4 saturated carbocycles. The van der Waals surface area contributed by atoms with Crippen LogP contribution in [0.5, 0.6) is 5.75 Å². The second-order valence-electron chi connectivity index (χ2n) is 11.2. The van der Waals surface area contributed by atoms with Crippen LogP contribution in [0.3, 0.4) is 0 Å². The van der Waals surface area contributed by atoms with Crippen LogP contribution in [-0.2, 0) is 9.53 Å². The molecule has 32 heavy (non-hydrogen) atoms. The summed E-state index contributed by atoms with van der Waals surface area (Å²) in [6.45, 7) is 1.18.